The summed E-state index contributed by atoms with van der Waals surface area (Å²) in [5, 5.41) is 14.0. The first-order valence-corrected chi connectivity index (χ1v) is 14.9. The Morgan fingerprint density at radius 3 is 2.38 bits per heavy atom. The van der Waals surface area contributed by atoms with Gasteiger partial charge >= 0.3 is 0 Å². The second kappa shape index (κ2) is 8.29. The maximum Gasteiger partial charge on any atom is 0.226 e. The smallest absolute Gasteiger partial charge is 0.226 e. The number of ketones is 1. The highest BCUT2D eigenvalue weighted by molar-refractivity contribution is 5.95. The number of aliphatic hydroxyl groups is 1. The number of carbonyl (C=O) groups is 2. The minimum Gasteiger partial charge on any atom is -0.393 e. The van der Waals surface area contributed by atoms with Crippen molar-refractivity contribution >= 4 is 11.7 Å². The molecular weight excluding hydrogens is 458 g/mol. The third-order valence-electron chi connectivity index (χ3n) is 13.5. The van der Waals surface area contributed by atoms with E-state index in [9.17, 15) is 14.7 Å². The molecule has 4 fully saturated rings. The lowest BCUT2D eigenvalue weighted by Gasteiger charge is -2.70. The minimum atomic E-state index is -0.416. The van der Waals surface area contributed by atoms with Gasteiger partial charge in [0.15, 0.2) is 5.78 Å². The molecule has 0 saturated heterocycles. The standard InChI is InChI=1S/C33H51NO3/c1-9-18-34-27(37)30(5)15-14-29(4)16-17-32(7)21(22(29)20-30)19-23(35)26-31(6)12-11-25(36)28(2,3)24(31)10-13-33(26,32)8/h9,19,22,24-26,36H,1,10-18,20H2,2-8H3,(H,34,37)/t22-,24-,25-,26+,29+,30-,31-,32+,33+/m0/s1. The van der Waals surface area contributed by atoms with Crippen molar-refractivity contribution in [3.05, 3.63) is 24.3 Å². The van der Waals surface area contributed by atoms with E-state index < -0.39 is 5.41 Å². The zero-order valence-corrected chi connectivity index (χ0v) is 24.5. The fourth-order valence-electron chi connectivity index (χ4n) is 10.8. The van der Waals surface area contributed by atoms with Crippen molar-refractivity contribution in [2.45, 2.75) is 112 Å². The van der Waals surface area contributed by atoms with Gasteiger partial charge in [-0.1, -0.05) is 60.1 Å². The van der Waals surface area contributed by atoms with Crippen LogP contribution >= 0.6 is 0 Å². The topological polar surface area (TPSA) is 66.4 Å². The van der Waals surface area contributed by atoms with Crippen LogP contribution in [0, 0.1) is 50.2 Å². The molecule has 9 atom stereocenters. The second-order valence-corrected chi connectivity index (χ2v) is 15.6. The molecule has 206 valence electrons. The maximum atomic E-state index is 14.4. The van der Waals surface area contributed by atoms with E-state index in [0.29, 0.717) is 18.2 Å². The summed E-state index contributed by atoms with van der Waals surface area (Å²) in [5.41, 5.74) is 0.673. The summed E-state index contributed by atoms with van der Waals surface area (Å²) in [7, 11) is 0. The van der Waals surface area contributed by atoms with Gasteiger partial charge in [0.2, 0.25) is 5.91 Å². The Morgan fingerprint density at radius 2 is 1.70 bits per heavy atom. The number of carbonyl (C=O) groups excluding carboxylic acids is 2. The average Bonchev–Trinajstić information content (AvgIpc) is 2.82. The first kappa shape index (κ1) is 27.2. The van der Waals surface area contributed by atoms with Crippen LogP contribution in [0.25, 0.3) is 0 Å². The zero-order chi connectivity index (χ0) is 27.2. The molecule has 4 heteroatoms. The molecule has 0 spiro atoms. The van der Waals surface area contributed by atoms with E-state index in [1.807, 2.05) is 0 Å². The van der Waals surface area contributed by atoms with Crippen molar-refractivity contribution in [1.82, 2.24) is 5.32 Å². The van der Waals surface area contributed by atoms with E-state index >= 15 is 0 Å². The lowest BCUT2D eigenvalue weighted by atomic mass is 9.33. The maximum absolute atomic E-state index is 14.4. The molecule has 0 aromatic carbocycles. The third-order valence-corrected chi connectivity index (χ3v) is 13.5. The summed E-state index contributed by atoms with van der Waals surface area (Å²) in [6, 6.07) is 0. The van der Waals surface area contributed by atoms with Gasteiger partial charge in [-0.05, 0) is 103 Å². The summed E-state index contributed by atoms with van der Waals surface area (Å²) < 4.78 is 0. The van der Waals surface area contributed by atoms with Crippen LogP contribution in [-0.4, -0.2) is 29.4 Å². The second-order valence-electron chi connectivity index (χ2n) is 15.6. The summed E-state index contributed by atoms with van der Waals surface area (Å²) >= 11 is 0. The molecule has 0 unspecified atom stereocenters. The molecule has 0 radical (unpaired) electrons. The normalized spacial score (nSPS) is 50.5. The highest BCUT2D eigenvalue weighted by Crippen LogP contribution is 2.75. The number of aliphatic hydroxyl groups excluding tert-OH is 1. The summed E-state index contributed by atoms with van der Waals surface area (Å²) in [6.07, 6.45) is 12.4. The van der Waals surface area contributed by atoms with Crippen LogP contribution in [0.15, 0.2) is 24.3 Å². The van der Waals surface area contributed by atoms with E-state index in [2.05, 4.69) is 66.4 Å². The molecule has 0 aromatic heterocycles. The van der Waals surface area contributed by atoms with Gasteiger partial charge in [0, 0.05) is 17.9 Å². The van der Waals surface area contributed by atoms with Crippen molar-refractivity contribution in [1.29, 1.82) is 0 Å². The molecule has 4 saturated carbocycles. The molecule has 1 amide bonds. The van der Waals surface area contributed by atoms with Crippen LogP contribution in [0.5, 0.6) is 0 Å². The van der Waals surface area contributed by atoms with Gasteiger partial charge in [0.1, 0.15) is 0 Å². The number of amides is 1. The largest absolute Gasteiger partial charge is 0.393 e. The van der Waals surface area contributed by atoms with Crippen molar-refractivity contribution in [2.75, 3.05) is 6.54 Å². The van der Waals surface area contributed by atoms with Gasteiger partial charge in [-0.15, -0.1) is 6.58 Å². The van der Waals surface area contributed by atoms with Crippen LogP contribution in [-0.2, 0) is 9.59 Å². The summed E-state index contributed by atoms with van der Waals surface area (Å²) in [4.78, 5) is 27.6. The van der Waals surface area contributed by atoms with Crippen LogP contribution in [0.3, 0.4) is 0 Å². The number of hydrogen-bond acceptors (Lipinski definition) is 3. The van der Waals surface area contributed by atoms with E-state index in [1.165, 1.54) is 5.57 Å². The van der Waals surface area contributed by atoms with E-state index in [1.54, 1.807) is 6.08 Å². The van der Waals surface area contributed by atoms with Crippen molar-refractivity contribution in [2.24, 2.45) is 50.2 Å². The van der Waals surface area contributed by atoms with Gasteiger partial charge < -0.3 is 10.4 Å². The Labute approximate surface area is 225 Å². The lowest BCUT2D eigenvalue weighted by molar-refractivity contribution is -0.202. The lowest BCUT2D eigenvalue weighted by Crippen LogP contribution is -2.66. The van der Waals surface area contributed by atoms with Gasteiger partial charge in [-0.2, -0.15) is 0 Å². The summed E-state index contributed by atoms with van der Waals surface area (Å²) in [6.45, 7) is 20.5. The number of hydrogen-bond donors (Lipinski definition) is 2. The SMILES string of the molecule is C=CCNC(=O)[C@@]1(C)CC[C@]2(C)CC[C@]3(C)C(=CC(=O)[C@@H]4[C@@]5(C)CC[C@H](O)C(C)(C)[C@@H]5CC[C@]43C)[C@@H]2C1. The highest BCUT2D eigenvalue weighted by atomic mass is 16.3. The van der Waals surface area contributed by atoms with Gasteiger partial charge in [0.05, 0.1) is 6.10 Å². The molecule has 0 aromatic rings. The molecule has 5 aliphatic carbocycles. The predicted molar refractivity (Wildman–Crippen MR) is 149 cm³/mol. The van der Waals surface area contributed by atoms with Gasteiger partial charge in [0.25, 0.3) is 0 Å². The highest BCUT2D eigenvalue weighted by Gasteiger charge is 2.70. The Morgan fingerprint density at radius 1 is 1.03 bits per heavy atom. The van der Waals surface area contributed by atoms with Crippen LogP contribution in [0.2, 0.25) is 0 Å². The Hall–Kier alpha value is -1.42. The molecule has 5 rings (SSSR count). The summed E-state index contributed by atoms with van der Waals surface area (Å²) in [5.74, 6) is 1.06. The molecule has 4 nitrogen and oxygen atoms in total. The Balaban J connectivity index is 1.57. The van der Waals surface area contributed by atoms with Crippen LogP contribution in [0.1, 0.15) is 106 Å². The number of allylic oxidation sites excluding steroid dienone is 2. The number of nitrogens with one attached hydrogen (secondary N) is 1. The fraction of sp³-hybridized carbons (Fsp3) is 0.818. The molecular formula is C33H51NO3. The van der Waals surface area contributed by atoms with E-state index in [0.717, 1.165) is 57.8 Å². The number of rotatable bonds is 3. The van der Waals surface area contributed by atoms with E-state index in [4.69, 9.17) is 0 Å². The first-order valence-electron chi connectivity index (χ1n) is 14.9. The predicted octanol–water partition coefficient (Wildman–Crippen LogP) is 6.63. The van der Waals surface area contributed by atoms with Crippen LogP contribution < -0.4 is 5.32 Å². The monoisotopic (exact) mass is 509 g/mol. The Kier molecular flexibility index (Phi) is 6.09. The molecule has 0 heterocycles. The van der Waals surface area contributed by atoms with Crippen LogP contribution in [0.4, 0.5) is 0 Å². The Bertz CT molecular complexity index is 1040. The van der Waals surface area contributed by atoms with Crippen molar-refractivity contribution in [3.63, 3.8) is 0 Å². The molecule has 0 bridgehead atoms. The molecule has 37 heavy (non-hydrogen) atoms. The third kappa shape index (κ3) is 3.49. The zero-order valence-electron chi connectivity index (χ0n) is 24.5. The quantitative estimate of drug-likeness (QED) is 0.420. The van der Waals surface area contributed by atoms with E-state index in [-0.39, 0.29) is 50.9 Å². The fourth-order valence-corrected chi connectivity index (χ4v) is 10.8. The first-order chi connectivity index (χ1) is 17.1. The molecule has 5 aliphatic rings. The average molecular weight is 510 g/mol. The molecule has 2 N–H and O–H groups in total. The van der Waals surface area contributed by atoms with Crippen molar-refractivity contribution < 1.29 is 14.7 Å². The minimum absolute atomic E-state index is 0.00510. The van der Waals surface area contributed by atoms with Gasteiger partial charge in [-0.3, -0.25) is 9.59 Å². The number of fused-ring (bicyclic) bond motifs is 7. The molecule has 0 aliphatic heterocycles. The van der Waals surface area contributed by atoms with Crippen molar-refractivity contribution in [3.8, 4) is 0 Å². The van der Waals surface area contributed by atoms with Gasteiger partial charge in [-0.25, -0.2) is 0 Å².